The zero-order valence-corrected chi connectivity index (χ0v) is 17.1. The molecule has 2 amide bonds. The van der Waals surface area contributed by atoms with Gasteiger partial charge in [-0.1, -0.05) is 18.2 Å². The van der Waals surface area contributed by atoms with Crippen molar-refractivity contribution in [1.29, 1.82) is 0 Å². The highest BCUT2D eigenvalue weighted by Gasteiger charge is 2.31. The summed E-state index contributed by atoms with van der Waals surface area (Å²) < 4.78 is 7.49. The molecule has 0 saturated carbocycles. The quantitative estimate of drug-likeness (QED) is 0.718. The molecule has 1 aliphatic heterocycles. The van der Waals surface area contributed by atoms with E-state index in [1.54, 1.807) is 30.1 Å². The van der Waals surface area contributed by atoms with Crippen LogP contribution in [0.25, 0.3) is 0 Å². The van der Waals surface area contributed by atoms with Crippen LogP contribution in [0.5, 0.6) is 5.75 Å². The van der Waals surface area contributed by atoms with E-state index in [9.17, 15) is 9.59 Å². The van der Waals surface area contributed by atoms with Gasteiger partial charge in [0.05, 0.1) is 12.2 Å². The highest BCUT2D eigenvalue weighted by Crippen LogP contribution is 2.29. The summed E-state index contributed by atoms with van der Waals surface area (Å²) in [6.07, 6.45) is 1.80. The van der Waals surface area contributed by atoms with Gasteiger partial charge in [0.25, 0.3) is 11.8 Å². The molecule has 3 aromatic rings. The molecule has 0 radical (unpaired) electrons. The summed E-state index contributed by atoms with van der Waals surface area (Å²) in [5, 5.41) is 7.17. The number of nitrogens with one attached hydrogen (secondary N) is 1. The lowest BCUT2D eigenvalue weighted by atomic mass is 10.2. The number of anilines is 1. The lowest BCUT2D eigenvalue weighted by Crippen LogP contribution is -2.49. The van der Waals surface area contributed by atoms with E-state index in [1.807, 2.05) is 44.2 Å². The topological polar surface area (TPSA) is 89.4 Å². The first kappa shape index (κ1) is 19.6. The molecule has 0 fully saturated rings. The van der Waals surface area contributed by atoms with Gasteiger partial charge >= 0.3 is 0 Å². The van der Waals surface area contributed by atoms with Crippen molar-refractivity contribution >= 4 is 17.5 Å². The van der Waals surface area contributed by atoms with Crippen LogP contribution >= 0.6 is 0 Å². The number of pyridine rings is 1. The molecule has 1 aromatic carbocycles. The van der Waals surface area contributed by atoms with E-state index in [4.69, 9.17) is 4.74 Å². The van der Waals surface area contributed by atoms with E-state index in [2.05, 4.69) is 15.4 Å². The second-order valence-corrected chi connectivity index (χ2v) is 7.34. The zero-order valence-electron chi connectivity index (χ0n) is 17.1. The monoisotopic (exact) mass is 405 g/mol. The molecule has 1 unspecified atom stereocenters. The largest absolute Gasteiger partial charge is 0.489 e. The number of aryl methyl sites for hydroxylation is 2. The summed E-state index contributed by atoms with van der Waals surface area (Å²) in [5.41, 5.74) is 3.70. The first-order valence-electron chi connectivity index (χ1n) is 9.68. The Morgan fingerprint density at radius 1 is 1.23 bits per heavy atom. The lowest BCUT2D eigenvalue weighted by Gasteiger charge is -2.20. The predicted molar refractivity (Wildman–Crippen MR) is 112 cm³/mol. The Labute approximate surface area is 174 Å². The van der Waals surface area contributed by atoms with Gasteiger partial charge in [-0.05, 0) is 43.7 Å². The molecule has 8 nitrogen and oxygen atoms in total. The highest BCUT2D eigenvalue weighted by molar-refractivity contribution is 6.02. The minimum Gasteiger partial charge on any atom is -0.489 e. The molecule has 1 aliphatic rings. The van der Waals surface area contributed by atoms with Crippen LogP contribution in [-0.4, -0.2) is 46.3 Å². The van der Waals surface area contributed by atoms with Crippen molar-refractivity contribution in [2.24, 2.45) is 0 Å². The maximum absolute atomic E-state index is 12.8. The molecule has 154 valence electrons. The minimum absolute atomic E-state index is 0.0562. The standard InChI is InChI=1S/C22H23N5O3/c1-14-8-9-16(11-23-14)12-27-15(2)10-17(25-27)21(28)24-18-13-30-20-7-5-4-6-19(20)26(3)22(18)29/h4-11,18H,12-13H2,1-3H3,(H,24,28). The maximum Gasteiger partial charge on any atom is 0.272 e. The van der Waals surface area contributed by atoms with E-state index >= 15 is 0 Å². The molecular formula is C22H23N5O3. The number of hydrogen-bond acceptors (Lipinski definition) is 5. The summed E-state index contributed by atoms with van der Waals surface area (Å²) >= 11 is 0. The zero-order chi connectivity index (χ0) is 21.3. The number of amides is 2. The molecule has 4 rings (SSSR count). The maximum atomic E-state index is 12.8. The molecule has 0 aliphatic carbocycles. The fraction of sp³-hybridized carbons (Fsp3) is 0.273. The number of nitrogens with zero attached hydrogens (tertiary/aromatic N) is 4. The van der Waals surface area contributed by atoms with Crippen molar-refractivity contribution in [1.82, 2.24) is 20.1 Å². The number of carbonyl (C=O) groups is 2. The summed E-state index contributed by atoms with van der Waals surface area (Å²) in [7, 11) is 1.67. The molecular weight excluding hydrogens is 382 g/mol. The van der Waals surface area contributed by atoms with Crippen molar-refractivity contribution < 1.29 is 14.3 Å². The van der Waals surface area contributed by atoms with Crippen LogP contribution in [0.2, 0.25) is 0 Å². The van der Waals surface area contributed by atoms with Gasteiger partial charge in [-0.3, -0.25) is 19.3 Å². The van der Waals surface area contributed by atoms with Gasteiger partial charge in [0.2, 0.25) is 0 Å². The normalized spacial score (nSPS) is 15.9. The Balaban J connectivity index is 1.48. The van der Waals surface area contributed by atoms with Crippen LogP contribution in [0, 0.1) is 13.8 Å². The van der Waals surface area contributed by atoms with E-state index in [0.717, 1.165) is 17.0 Å². The number of ether oxygens (including phenoxy) is 1. The summed E-state index contributed by atoms with van der Waals surface area (Å²) in [6.45, 7) is 4.38. The average Bonchev–Trinajstić information content (AvgIpc) is 3.06. The van der Waals surface area contributed by atoms with E-state index < -0.39 is 11.9 Å². The Kier molecular flexibility index (Phi) is 5.22. The average molecular weight is 405 g/mol. The SMILES string of the molecule is Cc1ccc(Cn2nc(C(=O)NC3COc4ccccc4N(C)C3=O)cc2C)cn1. The molecule has 0 bridgehead atoms. The van der Waals surface area contributed by atoms with Crippen molar-refractivity contribution in [3.05, 3.63) is 71.3 Å². The number of rotatable bonds is 4. The van der Waals surface area contributed by atoms with Crippen LogP contribution in [0.3, 0.4) is 0 Å². The van der Waals surface area contributed by atoms with E-state index in [1.165, 1.54) is 4.90 Å². The van der Waals surface area contributed by atoms with Crippen LogP contribution in [0.4, 0.5) is 5.69 Å². The van der Waals surface area contributed by atoms with Crippen LogP contribution in [0.1, 0.15) is 27.4 Å². The number of likely N-dealkylation sites (N-methyl/N-ethyl adjacent to an activating group) is 1. The van der Waals surface area contributed by atoms with Gasteiger partial charge in [-0.15, -0.1) is 0 Å². The Morgan fingerprint density at radius 2 is 2.03 bits per heavy atom. The van der Waals surface area contributed by atoms with Crippen molar-refractivity contribution in [3.8, 4) is 5.75 Å². The van der Waals surface area contributed by atoms with Gasteiger partial charge in [0, 0.05) is 24.6 Å². The first-order chi connectivity index (χ1) is 14.4. The molecule has 2 aromatic heterocycles. The summed E-state index contributed by atoms with van der Waals surface area (Å²) in [6, 6.07) is 12.1. The molecule has 1 atom stereocenters. The molecule has 8 heteroatoms. The number of fused-ring (bicyclic) bond motifs is 1. The van der Waals surface area contributed by atoms with Crippen molar-refractivity contribution in [2.75, 3.05) is 18.6 Å². The summed E-state index contributed by atoms with van der Waals surface area (Å²) in [5.74, 6) is -0.0488. The Hall–Kier alpha value is -3.68. The number of carbonyl (C=O) groups excluding carboxylic acids is 2. The third-order valence-corrected chi connectivity index (χ3v) is 5.08. The third-order valence-electron chi connectivity index (χ3n) is 5.08. The highest BCUT2D eigenvalue weighted by atomic mass is 16.5. The second kappa shape index (κ2) is 7.98. The smallest absolute Gasteiger partial charge is 0.272 e. The van der Waals surface area contributed by atoms with Crippen LogP contribution < -0.4 is 15.0 Å². The number of benzene rings is 1. The predicted octanol–water partition coefficient (Wildman–Crippen LogP) is 2.10. The fourth-order valence-corrected chi connectivity index (χ4v) is 3.33. The molecule has 0 saturated heterocycles. The number of hydrogen-bond donors (Lipinski definition) is 1. The van der Waals surface area contributed by atoms with Crippen molar-refractivity contribution in [2.45, 2.75) is 26.4 Å². The van der Waals surface area contributed by atoms with Crippen molar-refractivity contribution in [3.63, 3.8) is 0 Å². The Bertz CT molecular complexity index is 1090. The first-order valence-corrected chi connectivity index (χ1v) is 9.68. The van der Waals surface area contributed by atoms with E-state index in [0.29, 0.717) is 18.0 Å². The van der Waals surface area contributed by atoms with Gasteiger partial charge in [-0.2, -0.15) is 5.10 Å². The van der Waals surface area contributed by atoms with Gasteiger partial charge in [0.1, 0.15) is 24.1 Å². The molecule has 3 heterocycles. The fourth-order valence-electron chi connectivity index (χ4n) is 3.33. The number of para-hydroxylation sites is 2. The second-order valence-electron chi connectivity index (χ2n) is 7.34. The molecule has 1 N–H and O–H groups in total. The summed E-state index contributed by atoms with van der Waals surface area (Å²) in [4.78, 5) is 31.4. The van der Waals surface area contributed by atoms with E-state index in [-0.39, 0.29) is 18.2 Å². The molecule has 30 heavy (non-hydrogen) atoms. The van der Waals surface area contributed by atoms with Gasteiger partial charge < -0.3 is 15.0 Å². The van der Waals surface area contributed by atoms with Crippen LogP contribution in [0.15, 0.2) is 48.7 Å². The van der Waals surface area contributed by atoms with Crippen LogP contribution in [-0.2, 0) is 11.3 Å². The third kappa shape index (κ3) is 3.89. The Morgan fingerprint density at radius 3 is 2.80 bits per heavy atom. The number of aromatic nitrogens is 3. The van der Waals surface area contributed by atoms with Gasteiger partial charge in [-0.25, -0.2) is 0 Å². The molecule has 0 spiro atoms. The lowest BCUT2D eigenvalue weighted by molar-refractivity contribution is -0.120. The van der Waals surface area contributed by atoms with Gasteiger partial charge in [0.15, 0.2) is 0 Å². The minimum atomic E-state index is -0.804.